The quantitative estimate of drug-likeness (QED) is 0.657. The number of aliphatic hydroxyl groups excluding tert-OH is 1. The van der Waals surface area contributed by atoms with E-state index in [1.807, 2.05) is 19.9 Å². The minimum absolute atomic E-state index is 0.0155. The summed E-state index contributed by atoms with van der Waals surface area (Å²) in [4.78, 5) is 11.7. The monoisotopic (exact) mass is 325 g/mol. The van der Waals surface area contributed by atoms with E-state index in [-0.39, 0.29) is 18.6 Å². The second kappa shape index (κ2) is 6.29. The molecule has 3 aromatic heterocycles. The van der Waals surface area contributed by atoms with Crippen molar-refractivity contribution in [2.75, 3.05) is 11.9 Å². The Bertz CT molecular complexity index is 903. The number of aromatic nitrogens is 5. The predicted molar refractivity (Wildman–Crippen MR) is 90.1 cm³/mol. The van der Waals surface area contributed by atoms with Gasteiger partial charge in [0, 0.05) is 13.2 Å². The van der Waals surface area contributed by atoms with Gasteiger partial charge in [-0.15, -0.1) is 0 Å². The van der Waals surface area contributed by atoms with Crippen LogP contribution < -0.4 is 5.32 Å². The molecule has 0 aliphatic heterocycles. The molecule has 124 valence electrons. The molecule has 0 bridgehead atoms. The average molecular weight is 325 g/mol. The van der Waals surface area contributed by atoms with E-state index in [0.717, 1.165) is 11.1 Å². The summed E-state index contributed by atoms with van der Waals surface area (Å²) in [7, 11) is 1.77. The second-order valence-electron chi connectivity index (χ2n) is 6.02. The van der Waals surface area contributed by atoms with Crippen molar-refractivity contribution in [2.45, 2.75) is 19.9 Å². The number of rotatable bonds is 5. The smallest absolute Gasteiger partial charge is 0.171 e. The Hall–Kier alpha value is -2.92. The Morgan fingerprint density at radius 2 is 2.21 bits per heavy atom. The normalized spacial score (nSPS) is 12.5. The molecule has 0 aliphatic carbocycles. The molecule has 8 nitrogen and oxygen atoms in total. The number of nitrogens with zero attached hydrogens (tertiary/aromatic N) is 5. The highest BCUT2D eigenvalue weighted by molar-refractivity contribution is 5.92. The third kappa shape index (κ3) is 2.81. The summed E-state index contributed by atoms with van der Waals surface area (Å²) in [6.45, 7) is 4.08. The molecule has 0 radical (unpaired) electrons. The molecular formula is C16H19N7O. The van der Waals surface area contributed by atoms with Gasteiger partial charge in [-0.2, -0.15) is 10.4 Å². The lowest BCUT2D eigenvalue weighted by Crippen LogP contribution is -2.29. The lowest BCUT2D eigenvalue weighted by atomic mass is 10.1. The molecule has 24 heavy (non-hydrogen) atoms. The Balaban J connectivity index is 2.06. The first-order valence-corrected chi connectivity index (χ1v) is 7.68. The van der Waals surface area contributed by atoms with Gasteiger partial charge in [-0.25, -0.2) is 9.97 Å². The van der Waals surface area contributed by atoms with E-state index >= 15 is 0 Å². The van der Waals surface area contributed by atoms with Crippen molar-refractivity contribution in [3.8, 4) is 17.3 Å². The van der Waals surface area contributed by atoms with E-state index < -0.39 is 0 Å². The Kier molecular flexibility index (Phi) is 4.18. The molecule has 0 aliphatic rings. The zero-order chi connectivity index (χ0) is 17.3. The van der Waals surface area contributed by atoms with E-state index in [9.17, 15) is 10.4 Å². The number of anilines is 1. The Labute approximate surface area is 139 Å². The third-order valence-electron chi connectivity index (χ3n) is 3.97. The van der Waals surface area contributed by atoms with E-state index in [0.29, 0.717) is 22.7 Å². The molecule has 3 N–H and O–H groups in total. The molecule has 1 atom stereocenters. The summed E-state index contributed by atoms with van der Waals surface area (Å²) in [5.74, 6) is 0.902. The number of H-pyrrole nitrogens is 1. The Morgan fingerprint density at radius 3 is 2.88 bits per heavy atom. The number of hydrogen-bond donors (Lipinski definition) is 3. The summed E-state index contributed by atoms with van der Waals surface area (Å²) in [5, 5.41) is 27.0. The van der Waals surface area contributed by atoms with Gasteiger partial charge in [-0.3, -0.25) is 4.68 Å². The maximum absolute atomic E-state index is 9.52. The largest absolute Gasteiger partial charge is 0.394 e. The summed E-state index contributed by atoms with van der Waals surface area (Å²) in [5.41, 5.74) is 2.48. The van der Waals surface area contributed by atoms with Crippen LogP contribution in [0.4, 0.5) is 5.82 Å². The van der Waals surface area contributed by atoms with Crippen LogP contribution in [-0.2, 0) is 7.05 Å². The number of nitrogens with one attached hydrogen (secondary N) is 2. The zero-order valence-electron chi connectivity index (χ0n) is 13.8. The molecule has 3 aromatic rings. The number of aromatic amines is 1. The van der Waals surface area contributed by atoms with Gasteiger partial charge in [0.05, 0.1) is 29.3 Å². The van der Waals surface area contributed by atoms with E-state index in [2.05, 4.69) is 31.4 Å². The summed E-state index contributed by atoms with van der Waals surface area (Å²) in [6.07, 6.45) is 3.25. The lowest BCUT2D eigenvalue weighted by Gasteiger charge is -2.20. The van der Waals surface area contributed by atoms with Crippen molar-refractivity contribution in [3.63, 3.8) is 0 Å². The molecule has 0 saturated carbocycles. The average Bonchev–Trinajstić information content (AvgIpc) is 3.15. The zero-order valence-corrected chi connectivity index (χ0v) is 13.8. The maximum atomic E-state index is 9.52. The van der Waals surface area contributed by atoms with Gasteiger partial charge in [-0.1, -0.05) is 13.8 Å². The molecule has 0 amide bonds. The highest BCUT2D eigenvalue weighted by Gasteiger charge is 2.17. The molecule has 8 heteroatoms. The fourth-order valence-electron chi connectivity index (χ4n) is 2.57. The first kappa shape index (κ1) is 16.0. The number of fused-ring (bicyclic) bond motifs is 1. The fraction of sp³-hybridized carbons (Fsp3) is 0.375. The predicted octanol–water partition coefficient (Wildman–Crippen LogP) is 1.66. The van der Waals surface area contributed by atoms with E-state index in [1.165, 1.54) is 6.33 Å². The van der Waals surface area contributed by atoms with Gasteiger partial charge >= 0.3 is 0 Å². The van der Waals surface area contributed by atoms with E-state index in [4.69, 9.17) is 0 Å². The van der Waals surface area contributed by atoms with E-state index in [1.54, 1.807) is 17.9 Å². The summed E-state index contributed by atoms with van der Waals surface area (Å²) < 4.78 is 1.60. The standard InChI is InChI=1S/C16H19N7O/c1-9(2)14(7-24)21-16-10-4-12(20-15(10)18-8-19-16)11-6-23(3)22-13(11)5-17/h4,6,8-9,14,24H,7H2,1-3H3,(H2,18,19,20,21)/t14-/m0/s1. The first-order valence-electron chi connectivity index (χ1n) is 7.68. The van der Waals surface area contributed by atoms with Crippen LogP contribution in [0.1, 0.15) is 19.5 Å². The third-order valence-corrected chi connectivity index (χ3v) is 3.97. The number of aryl methyl sites for hydroxylation is 1. The van der Waals surface area contributed by atoms with Gasteiger partial charge in [0.1, 0.15) is 23.9 Å². The highest BCUT2D eigenvalue weighted by atomic mass is 16.3. The van der Waals surface area contributed by atoms with Crippen LogP contribution >= 0.6 is 0 Å². The number of nitriles is 1. The minimum Gasteiger partial charge on any atom is -0.394 e. The van der Waals surface area contributed by atoms with Gasteiger partial charge < -0.3 is 15.4 Å². The molecule has 0 saturated heterocycles. The summed E-state index contributed by atoms with van der Waals surface area (Å²) >= 11 is 0. The second-order valence-corrected chi connectivity index (χ2v) is 6.02. The van der Waals surface area contributed by atoms with Crippen LogP contribution in [-0.4, -0.2) is 42.5 Å². The van der Waals surface area contributed by atoms with Crippen LogP contribution in [0.3, 0.4) is 0 Å². The van der Waals surface area contributed by atoms with Crippen molar-refractivity contribution in [1.82, 2.24) is 24.7 Å². The molecule has 3 heterocycles. The Morgan fingerprint density at radius 1 is 1.42 bits per heavy atom. The van der Waals surface area contributed by atoms with Crippen molar-refractivity contribution in [1.29, 1.82) is 5.26 Å². The number of aliphatic hydroxyl groups is 1. The van der Waals surface area contributed by atoms with Gasteiger partial charge in [-0.05, 0) is 12.0 Å². The van der Waals surface area contributed by atoms with Crippen molar-refractivity contribution in [2.24, 2.45) is 13.0 Å². The molecule has 0 aromatic carbocycles. The topological polar surface area (TPSA) is 115 Å². The van der Waals surface area contributed by atoms with Crippen LogP contribution in [0.5, 0.6) is 0 Å². The van der Waals surface area contributed by atoms with Crippen LogP contribution in [0.15, 0.2) is 18.6 Å². The van der Waals surface area contributed by atoms with Crippen molar-refractivity contribution in [3.05, 3.63) is 24.3 Å². The molecular weight excluding hydrogens is 306 g/mol. The SMILES string of the molecule is CC(C)[C@H](CO)Nc1ncnc2[nH]c(-c3cn(C)nc3C#N)cc12. The van der Waals surface area contributed by atoms with Crippen LogP contribution in [0, 0.1) is 17.2 Å². The molecule has 0 fully saturated rings. The van der Waals surface area contributed by atoms with Crippen LogP contribution in [0.2, 0.25) is 0 Å². The molecule has 3 rings (SSSR count). The van der Waals surface area contributed by atoms with Crippen molar-refractivity contribution >= 4 is 16.9 Å². The van der Waals surface area contributed by atoms with Gasteiger partial charge in [0.15, 0.2) is 5.69 Å². The molecule has 0 unspecified atom stereocenters. The van der Waals surface area contributed by atoms with Crippen molar-refractivity contribution < 1.29 is 5.11 Å². The minimum atomic E-state index is -0.102. The van der Waals surface area contributed by atoms with Gasteiger partial charge in [0.25, 0.3) is 0 Å². The lowest BCUT2D eigenvalue weighted by molar-refractivity contribution is 0.249. The number of hydrogen-bond acceptors (Lipinski definition) is 6. The summed E-state index contributed by atoms with van der Waals surface area (Å²) in [6, 6.07) is 3.88. The van der Waals surface area contributed by atoms with Gasteiger partial charge in [0.2, 0.25) is 0 Å². The molecule has 0 spiro atoms. The fourth-order valence-corrected chi connectivity index (χ4v) is 2.57. The first-order chi connectivity index (χ1) is 11.5. The highest BCUT2D eigenvalue weighted by Crippen LogP contribution is 2.28. The van der Waals surface area contributed by atoms with Crippen LogP contribution in [0.25, 0.3) is 22.3 Å². The maximum Gasteiger partial charge on any atom is 0.171 e.